The van der Waals surface area contributed by atoms with Crippen molar-refractivity contribution in [3.63, 3.8) is 0 Å². The minimum absolute atomic E-state index is 0.00538. The van der Waals surface area contributed by atoms with Crippen LogP contribution in [0, 0.1) is 5.92 Å². The van der Waals surface area contributed by atoms with E-state index in [9.17, 15) is 4.79 Å². The molecule has 0 aromatic carbocycles. The Morgan fingerprint density at radius 2 is 2.11 bits per heavy atom. The van der Waals surface area contributed by atoms with Crippen molar-refractivity contribution in [2.75, 3.05) is 13.2 Å². The standard InChI is InChI=1S/C14H27NO3/c1-3-13(18-12-6-4-5-7-12)14(17)15-10-11(2)8-9-16/h11-13,16H,3-10H2,1-2H3,(H,15,17). The fourth-order valence-electron chi connectivity index (χ4n) is 2.31. The van der Waals surface area contributed by atoms with Gasteiger partial charge in [0, 0.05) is 13.2 Å². The number of carbonyl (C=O) groups excluding carboxylic acids is 1. The van der Waals surface area contributed by atoms with Crippen LogP contribution in [0.5, 0.6) is 0 Å². The van der Waals surface area contributed by atoms with Crippen LogP contribution < -0.4 is 5.32 Å². The van der Waals surface area contributed by atoms with Crippen molar-refractivity contribution in [1.82, 2.24) is 5.32 Å². The second-order valence-corrected chi connectivity index (χ2v) is 5.30. The monoisotopic (exact) mass is 257 g/mol. The molecule has 0 aromatic rings. The molecule has 106 valence electrons. The molecular formula is C14H27NO3. The van der Waals surface area contributed by atoms with E-state index in [1.807, 2.05) is 13.8 Å². The van der Waals surface area contributed by atoms with Gasteiger partial charge < -0.3 is 15.2 Å². The zero-order valence-electron chi connectivity index (χ0n) is 11.7. The van der Waals surface area contributed by atoms with E-state index in [2.05, 4.69) is 5.32 Å². The molecule has 0 bridgehead atoms. The SMILES string of the molecule is CCC(OC1CCCC1)C(=O)NCC(C)CCO. The summed E-state index contributed by atoms with van der Waals surface area (Å²) in [6, 6.07) is 0. The van der Waals surface area contributed by atoms with E-state index in [1.165, 1.54) is 12.8 Å². The van der Waals surface area contributed by atoms with Gasteiger partial charge in [0.05, 0.1) is 6.10 Å². The van der Waals surface area contributed by atoms with Gasteiger partial charge in [-0.15, -0.1) is 0 Å². The van der Waals surface area contributed by atoms with Crippen molar-refractivity contribution in [3.8, 4) is 0 Å². The minimum Gasteiger partial charge on any atom is -0.396 e. The van der Waals surface area contributed by atoms with Crippen LogP contribution in [-0.2, 0) is 9.53 Å². The normalized spacial score (nSPS) is 19.7. The first-order valence-corrected chi connectivity index (χ1v) is 7.21. The van der Waals surface area contributed by atoms with Crippen molar-refractivity contribution in [1.29, 1.82) is 0 Å². The molecule has 4 heteroatoms. The maximum Gasteiger partial charge on any atom is 0.249 e. The number of nitrogens with one attached hydrogen (secondary N) is 1. The van der Waals surface area contributed by atoms with Gasteiger partial charge in [0.2, 0.25) is 5.91 Å². The average molecular weight is 257 g/mol. The molecule has 18 heavy (non-hydrogen) atoms. The Kier molecular flexibility index (Phi) is 7.28. The van der Waals surface area contributed by atoms with E-state index in [0.717, 1.165) is 25.7 Å². The van der Waals surface area contributed by atoms with Crippen molar-refractivity contribution >= 4 is 5.91 Å². The summed E-state index contributed by atoms with van der Waals surface area (Å²) in [6.45, 7) is 4.79. The Hall–Kier alpha value is -0.610. The van der Waals surface area contributed by atoms with Crippen LogP contribution in [0.25, 0.3) is 0 Å². The molecule has 0 heterocycles. The lowest BCUT2D eigenvalue weighted by molar-refractivity contribution is -0.137. The lowest BCUT2D eigenvalue weighted by atomic mass is 10.1. The van der Waals surface area contributed by atoms with Crippen LogP contribution in [0.2, 0.25) is 0 Å². The van der Waals surface area contributed by atoms with Crippen LogP contribution in [0.1, 0.15) is 52.4 Å². The van der Waals surface area contributed by atoms with Gasteiger partial charge in [-0.25, -0.2) is 0 Å². The summed E-state index contributed by atoms with van der Waals surface area (Å²) in [5.41, 5.74) is 0. The second-order valence-electron chi connectivity index (χ2n) is 5.30. The third-order valence-corrected chi connectivity index (χ3v) is 3.57. The Labute approximate surface area is 110 Å². The van der Waals surface area contributed by atoms with Crippen LogP contribution in [-0.4, -0.2) is 36.4 Å². The number of hydrogen-bond acceptors (Lipinski definition) is 3. The van der Waals surface area contributed by atoms with E-state index in [1.54, 1.807) is 0 Å². The van der Waals surface area contributed by atoms with E-state index < -0.39 is 0 Å². The first kappa shape index (κ1) is 15.4. The molecule has 2 atom stereocenters. The molecule has 1 fully saturated rings. The number of ether oxygens (including phenoxy) is 1. The molecule has 2 N–H and O–H groups in total. The maximum atomic E-state index is 12.0. The molecule has 1 aliphatic rings. The number of rotatable bonds is 8. The molecule has 1 amide bonds. The highest BCUT2D eigenvalue weighted by molar-refractivity contribution is 5.80. The zero-order valence-corrected chi connectivity index (χ0v) is 11.7. The number of carbonyl (C=O) groups is 1. The summed E-state index contributed by atoms with van der Waals surface area (Å²) in [6.07, 6.45) is 6.02. The van der Waals surface area contributed by atoms with E-state index in [4.69, 9.17) is 9.84 Å². The van der Waals surface area contributed by atoms with Gasteiger partial charge in [0.25, 0.3) is 0 Å². The second kappa shape index (κ2) is 8.48. The molecule has 0 aromatic heterocycles. The Morgan fingerprint density at radius 3 is 2.67 bits per heavy atom. The molecule has 1 aliphatic carbocycles. The summed E-state index contributed by atoms with van der Waals surface area (Å²) in [4.78, 5) is 12.0. The van der Waals surface area contributed by atoms with Crippen molar-refractivity contribution < 1.29 is 14.6 Å². The molecule has 2 unspecified atom stereocenters. The summed E-state index contributed by atoms with van der Waals surface area (Å²) >= 11 is 0. The maximum absolute atomic E-state index is 12.0. The zero-order chi connectivity index (χ0) is 13.4. The smallest absolute Gasteiger partial charge is 0.249 e. The molecule has 0 saturated heterocycles. The fraction of sp³-hybridized carbons (Fsp3) is 0.929. The molecule has 0 spiro atoms. The predicted octanol–water partition coefficient (Wildman–Crippen LogP) is 1.86. The fourth-order valence-corrected chi connectivity index (χ4v) is 2.31. The number of hydrogen-bond donors (Lipinski definition) is 2. The highest BCUT2D eigenvalue weighted by Crippen LogP contribution is 2.22. The quantitative estimate of drug-likeness (QED) is 0.698. The summed E-state index contributed by atoms with van der Waals surface area (Å²) < 4.78 is 5.85. The van der Waals surface area contributed by atoms with Crippen LogP contribution in [0.3, 0.4) is 0 Å². The average Bonchev–Trinajstić information content (AvgIpc) is 2.86. The topological polar surface area (TPSA) is 58.6 Å². The Morgan fingerprint density at radius 1 is 1.44 bits per heavy atom. The van der Waals surface area contributed by atoms with Gasteiger partial charge in [-0.3, -0.25) is 4.79 Å². The molecule has 1 saturated carbocycles. The highest BCUT2D eigenvalue weighted by atomic mass is 16.5. The van der Waals surface area contributed by atoms with E-state index in [-0.39, 0.29) is 24.7 Å². The summed E-state index contributed by atoms with van der Waals surface area (Å²) in [5.74, 6) is 0.303. The summed E-state index contributed by atoms with van der Waals surface area (Å²) in [5, 5.41) is 11.7. The number of aliphatic hydroxyl groups excluding tert-OH is 1. The third-order valence-electron chi connectivity index (χ3n) is 3.57. The first-order chi connectivity index (χ1) is 8.67. The van der Waals surface area contributed by atoms with Gasteiger partial charge in [-0.05, 0) is 31.6 Å². The molecule has 0 radical (unpaired) electrons. The molecule has 0 aliphatic heterocycles. The van der Waals surface area contributed by atoms with Gasteiger partial charge in [-0.1, -0.05) is 26.7 Å². The third kappa shape index (κ3) is 5.36. The summed E-state index contributed by atoms with van der Waals surface area (Å²) in [7, 11) is 0. The van der Waals surface area contributed by atoms with E-state index in [0.29, 0.717) is 12.5 Å². The Balaban J connectivity index is 2.27. The Bertz CT molecular complexity index is 239. The lowest BCUT2D eigenvalue weighted by Crippen LogP contribution is -2.39. The first-order valence-electron chi connectivity index (χ1n) is 7.21. The van der Waals surface area contributed by atoms with E-state index >= 15 is 0 Å². The number of aliphatic hydroxyl groups is 1. The van der Waals surface area contributed by atoms with Crippen LogP contribution in [0.15, 0.2) is 0 Å². The lowest BCUT2D eigenvalue weighted by Gasteiger charge is -2.21. The predicted molar refractivity (Wildman–Crippen MR) is 71.3 cm³/mol. The van der Waals surface area contributed by atoms with Crippen LogP contribution >= 0.6 is 0 Å². The van der Waals surface area contributed by atoms with Crippen molar-refractivity contribution in [3.05, 3.63) is 0 Å². The van der Waals surface area contributed by atoms with Crippen LogP contribution in [0.4, 0.5) is 0 Å². The molecule has 4 nitrogen and oxygen atoms in total. The largest absolute Gasteiger partial charge is 0.396 e. The van der Waals surface area contributed by atoms with Gasteiger partial charge >= 0.3 is 0 Å². The molecular weight excluding hydrogens is 230 g/mol. The van der Waals surface area contributed by atoms with Crippen molar-refractivity contribution in [2.45, 2.75) is 64.6 Å². The molecule has 1 rings (SSSR count). The van der Waals surface area contributed by atoms with Gasteiger partial charge in [0.15, 0.2) is 0 Å². The number of amides is 1. The minimum atomic E-state index is -0.311. The van der Waals surface area contributed by atoms with Crippen molar-refractivity contribution in [2.24, 2.45) is 5.92 Å². The van der Waals surface area contributed by atoms with Gasteiger partial charge in [-0.2, -0.15) is 0 Å². The van der Waals surface area contributed by atoms with Gasteiger partial charge in [0.1, 0.15) is 6.10 Å². The highest BCUT2D eigenvalue weighted by Gasteiger charge is 2.24.